The van der Waals surface area contributed by atoms with E-state index in [2.05, 4.69) is 121 Å². The average Bonchev–Trinajstić information content (AvgIpc) is 2.92. The van der Waals surface area contributed by atoms with Crippen LogP contribution in [0, 0.1) is 0 Å². The molecule has 182 valence electrons. The third-order valence-electron chi connectivity index (χ3n) is 7.49. The molecule has 2 heteroatoms. The Morgan fingerprint density at radius 3 is 1.78 bits per heavy atom. The summed E-state index contributed by atoms with van der Waals surface area (Å²) >= 11 is -2.18. The Morgan fingerprint density at radius 1 is 0.595 bits per heavy atom. The van der Waals surface area contributed by atoms with Crippen LogP contribution in [-0.4, -0.2) is 18.3 Å². The maximum absolute atomic E-state index is 8.88. The van der Waals surface area contributed by atoms with Gasteiger partial charge in [-0.3, -0.25) is 0 Å². The van der Waals surface area contributed by atoms with Crippen molar-refractivity contribution in [3.8, 4) is 22.4 Å². The summed E-state index contributed by atoms with van der Waals surface area (Å²) < 4.78 is 10.2. The van der Waals surface area contributed by atoms with Crippen LogP contribution in [0.3, 0.4) is 0 Å². The van der Waals surface area contributed by atoms with Gasteiger partial charge >= 0.3 is 194 Å². The normalized spacial score (nSPS) is 12.8. The quantitative estimate of drug-likeness (QED) is 0.160. The van der Waals surface area contributed by atoms with Gasteiger partial charge in [0.1, 0.15) is 0 Å². The summed E-state index contributed by atoms with van der Waals surface area (Å²) in [5, 5.41) is 7.56. The maximum atomic E-state index is 8.88. The summed E-state index contributed by atoms with van der Waals surface area (Å²) in [6.07, 6.45) is 2.07. The average molecular weight is 541 g/mol. The molecule has 0 N–H and O–H groups in total. The molecule has 0 amide bonds. The Labute approximate surface area is 224 Å². The SMILES string of the molecule is [2H]C(C)(C)c1cc(-c2ccc3c4ccccc4c4cc(-c5ccccc5)ccc4c3c2)nc[c]1[Ge]([CH3])([CH3])[CH3]. The number of fused-ring (bicyclic) bond motifs is 6. The molecule has 6 aromatic rings. The third kappa shape index (κ3) is 4.26. The van der Waals surface area contributed by atoms with Crippen molar-refractivity contribution in [1.29, 1.82) is 0 Å². The first-order valence-electron chi connectivity index (χ1n) is 13.6. The van der Waals surface area contributed by atoms with Crippen LogP contribution in [0.1, 0.15) is 26.7 Å². The molecular weight excluding hydrogens is 507 g/mol. The fourth-order valence-electron chi connectivity index (χ4n) is 5.55. The van der Waals surface area contributed by atoms with E-state index in [0.717, 1.165) is 16.8 Å². The number of benzene rings is 5. The zero-order chi connectivity index (χ0) is 26.7. The van der Waals surface area contributed by atoms with Crippen molar-refractivity contribution in [2.75, 3.05) is 0 Å². The minimum atomic E-state index is -2.18. The minimum absolute atomic E-state index is 0.668. The molecule has 0 fully saturated rings. The standard InChI is InChI=1S/C35H33GeN/c1-23(2)31-21-35(37-22-34(31)36(3,4)5)26-16-18-29-27-13-9-10-14-28(27)32-19-25(24-11-7-6-8-12-24)15-17-30(32)33(29)20-26/h6-23H,1-5H3/i23D. The topological polar surface area (TPSA) is 12.9 Å². The second-order valence-electron chi connectivity index (χ2n) is 11.3. The first-order valence-corrected chi connectivity index (χ1v) is 20.4. The van der Waals surface area contributed by atoms with Crippen LogP contribution in [0.25, 0.3) is 54.7 Å². The van der Waals surface area contributed by atoms with E-state index >= 15 is 0 Å². The van der Waals surface area contributed by atoms with Crippen LogP contribution in [0.5, 0.6) is 0 Å². The van der Waals surface area contributed by atoms with E-state index in [1.165, 1.54) is 47.8 Å². The molecule has 37 heavy (non-hydrogen) atoms. The van der Waals surface area contributed by atoms with Crippen LogP contribution in [0.15, 0.2) is 103 Å². The number of hydrogen-bond donors (Lipinski definition) is 0. The van der Waals surface area contributed by atoms with Gasteiger partial charge in [0.05, 0.1) is 0 Å². The summed E-state index contributed by atoms with van der Waals surface area (Å²) in [5.41, 5.74) is 5.61. The van der Waals surface area contributed by atoms with Crippen molar-refractivity contribution in [2.24, 2.45) is 0 Å². The molecule has 0 radical (unpaired) electrons. The van der Waals surface area contributed by atoms with Gasteiger partial charge in [-0.25, -0.2) is 0 Å². The molecule has 1 nitrogen and oxygen atoms in total. The summed E-state index contributed by atoms with van der Waals surface area (Å²) in [7, 11) is 0. The molecule has 0 aliphatic heterocycles. The number of pyridine rings is 1. The molecule has 0 saturated carbocycles. The zero-order valence-electron chi connectivity index (χ0n) is 23.3. The third-order valence-corrected chi connectivity index (χ3v) is 11.7. The summed E-state index contributed by atoms with van der Waals surface area (Å²) in [6.45, 7) is 3.99. The predicted octanol–water partition coefficient (Wildman–Crippen LogP) is 9.54. The van der Waals surface area contributed by atoms with E-state index in [9.17, 15) is 0 Å². The fraction of sp³-hybridized carbons (Fsp3) is 0.171. The summed E-state index contributed by atoms with van der Waals surface area (Å²) in [6, 6.07) is 35.1. The molecule has 0 unspecified atom stereocenters. The molecule has 1 aromatic heterocycles. The molecule has 5 aromatic carbocycles. The Morgan fingerprint density at radius 2 is 1.14 bits per heavy atom. The van der Waals surface area contributed by atoms with Crippen LogP contribution >= 0.6 is 0 Å². The molecule has 1 heterocycles. The fourth-order valence-corrected chi connectivity index (χ4v) is 8.87. The number of rotatable bonds is 4. The van der Waals surface area contributed by atoms with Crippen molar-refractivity contribution < 1.29 is 1.37 Å². The number of nitrogens with zero attached hydrogens (tertiary/aromatic N) is 1. The van der Waals surface area contributed by atoms with Gasteiger partial charge in [-0.2, -0.15) is 0 Å². The predicted molar refractivity (Wildman–Crippen MR) is 165 cm³/mol. The van der Waals surface area contributed by atoms with Crippen LogP contribution in [0.4, 0.5) is 0 Å². The molecular formula is C35H33GeN. The first-order chi connectivity index (χ1) is 18.1. The molecule has 0 bridgehead atoms. The Hall–Kier alpha value is -3.43. The van der Waals surface area contributed by atoms with E-state index in [4.69, 9.17) is 6.35 Å². The zero-order valence-corrected chi connectivity index (χ0v) is 24.4. The van der Waals surface area contributed by atoms with E-state index < -0.39 is 19.2 Å². The molecule has 0 aliphatic carbocycles. The Kier molecular flexibility index (Phi) is 5.62. The van der Waals surface area contributed by atoms with Crippen molar-refractivity contribution in [3.63, 3.8) is 0 Å². The summed E-state index contributed by atoms with van der Waals surface area (Å²) in [5.74, 6) is 6.47. The Bertz CT molecular complexity index is 1830. The van der Waals surface area contributed by atoms with Crippen LogP contribution in [0.2, 0.25) is 17.3 Å². The monoisotopic (exact) mass is 542 g/mol. The van der Waals surface area contributed by atoms with E-state index in [0.29, 0.717) is 0 Å². The van der Waals surface area contributed by atoms with E-state index in [1.54, 1.807) is 0 Å². The van der Waals surface area contributed by atoms with Crippen molar-refractivity contribution >= 4 is 50.0 Å². The van der Waals surface area contributed by atoms with E-state index in [1.807, 2.05) is 13.8 Å². The second-order valence-corrected chi connectivity index (χ2v) is 21.9. The van der Waals surface area contributed by atoms with Crippen molar-refractivity contribution in [1.82, 2.24) is 4.98 Å². The Balaban J connectivity index is 1.61. The molecule has 0 atom stereocenters. The van der Waals surface area contributed by atoms with Crippen molar-refractivity contribution in [2.45, 2.75) is 37.0 Å². The number of aromatic nitrogens is 1. The summed E-state index contributed by atoms with van der Waals surface area (Å²) in [4.78, 5) is 4.96. The van der Waals surface area contributed by atoms with Crippen LogP contribution in [-0.2, 0) is 0 Å². The number of hydrogen-bond acceptors (Lipinski definition) is 1. The van der Waals surface area contributed by atoms with Gasteiger partial charge in [0.2, 0.25) is 0 Å². The second kappa shape index (κ2) is 9.15. The first kappa shape index (κ1) is 22.7. The van der Waals surface area contributed by atoms with Gasteiger partial charge in [0.15, 0.2) is 0 Å². The van der Waals surface area contributed by atoms with Crippen molar-refractivity contribution in [3.05, 3.63) is 109 Å². The van der Waals surface area contributed by atoms with Crippen LogP contribution < -0.4 is 4.40 Å². The van der Waals surface area contributed by atoms with Gasteiger partial charge in [0, 0.05) is 0 Å². The van der Waals surface area contributed by atoms with Gasteiger partial charge in [-0.05, 0) is 0 Å². The molecule has 6 rings (SSSR count). The molecule has 0 saturated heterocycles. The van der Waals surface area contributed by atoms with Gasteiger partial charge < -0.3 is 0 Å². The van der Waals surface area contributed by atoms with Gasteiger partial charge in [-0.15, -0.1) is 0 Å². The van der Waals surface area contributed by atoms with Gasteiger partial charge in [0.25, 0.3) is 0 Å². The van der Waals surface area contributed by atoms with Gasteiger partial charge in [-0.1, -0.05) is 30.3 Å². The molecule has 0 aliphatic rings. The molecule has 0 spiro atoms. The van der Waals surface area contributed by atoms with E-state index in [-0.39, 0.29) is 0 Å².